The molecule has 3 rings (SSSR count). The first-order valence-electron chi connectivity index (χ1n) is 7.68. The Morgan fingerprint density at radius 3 is 2.62 bits per heavy atom. The van der Waals surface area contributed by atoms with Gasteiger partial charge in [-0.2, -0.15) is 0 Å². The Morgan fingerprint density at radius 1 is 1.19 bits per heavy atom. The summed E-state index contributed by atoms with van der Waals surface area (Å²) in [5, 5.41) is 3.55. The maximum atomic E-state index is 5.89. The van der Waals surface area contributed by atoms with Crippen molar-refractivity contribution in [3.63, 3.8) is 0 Å². The van der Waals surface area contributed by atoms with Crippen LogP contribution in [0.2, 0.25) is 0 Å². The van der Waals surface area contributed by atoms with E-state index in [0.29, 0.717) is 17.8 Å². The Balaban J connectivity index is 1.80. The lowest BCUT2D eigenvalue weighted by atomic mass is 10.1. The Labute approximate surface area is 126 Å². The predicted octanol–water partition coefficient (Wildman–Crippen LogP) is 4.25. The van der Waals surface area contributed by atoms with Crippen molar-refractivity contribution >= 4 is 0 Å². The van der Waals surface area contributed by atoms with Gasteiger partial charge in [0.2, 0.25) is 5.88 Å². The van der Waals surface area contributed by atoms with E-state index >= 15 is 0 Å². The molecule has 0 atom stereocenters. The molecule has 1 saturated carbocycles. The third kappa shape index (κ3) is 4.05. The van der Waals surface area contributed by atoms with Crippen molar-refractivity contribution in [2.45, 2.75) is 45.2 Å². The van der Waals surface area contributed by atoms with Crippen LogP contribution in [0.3, 0.4) is 0 Å². The summed E-state index contributed by atoms with van der Waals surface area (Å²) < 4.78 is 5.89. The van der Waals surface area contributed by atoms with Crippen LogP contribution in [-0.2, 0) is 6.54 Å². The van der Waals surface area contributed by atoms with Crippen LogP contribution >= 0.6 is 0 Å². The Hall–Kier alpha value is -1.87. The number of nitrogens with one attached hydrogen (secondary N) is 1. The molecule has 3 nitrogen and oxygen atoms in total. The van der Waals surface area contributed by atoms with Crippen molar-refractivity contribution in [1.82, 2.24) is 10.3 Å². The van der Waals surface area contributed by atoms with Crippen LogP contribution in [0.1, 0.15) is 43.9 Å². The van der Waals surface area contributed by atoms with E-state index in [4.69, 9.17) is 4.74 Å². The van der Waals surface area contributed by atoms with Gasteiger partial charge in [0, 0.05) is 24.3 Å². The molecule has 1 N–H and O–H groups in total. The fraction of sp³-hybridized carbons (Fsp3) is 0.389. The highest BCUT2D eigenvalue weighted by Crippen LogP contribution is 2.25. The molecular weight excluding hydrogens is 260 g/mol. The lowest BCUT2D eigenvalue weighted by molar-refractivity contribution is 0.458. The monoisotopic (exact) mass is 282 g/mol. The summed E-state index contributed by atoms with van der Waals surface area (Å²) in [6.07, 6.45) is 2.60. The molecule has 0 spiro atoms. The van der Waals surface area contributed by atoms with Crippen LogP contribution in [0.4, 0.5) is 0 Å². The third-order valence-corrected chi connectivity index (χ3v) is 3.61. The van der Waals surface area contributed by atoms with Gasteiger partial charge in [-0.25, -0.2) is 4.98 Å². The van der Waals surface area contributed by atoms with E-state index in [-0.39, 0.29) is 0 Å². The molecule has 0 amide bonds. The van der Waals surface area contributed by atoms with E-state index in [2.05, 4.69) is 30.2 Å². The van der Waals surface area contributed by atoms with Crippen molar-refractivity contribution in [3.8, 4) is 11.6 Å². The summed E-state index contributed by atoms with van der Waals surface area (Å²) in [4.78, 5) is 4.62. The number of nitrogens with zero attached hydrogens (tertiary/aromatic N) is 1. The summed E-state index contributed by atoms with van der Waals surface area (Å²) in [7, 11) is 0. The van der Waals surface area contributed by atoms with Gasteiger partial charge in [0.25, 0.3) is 0 Å². The largest absolute Gasteiger partial charge is 0.439 e. The number of para-hydroxylation sites is 1. The summed E-state index contributed by atoms with van der Waals surface area (Å²) >= 11 is 0. The van der Waals surface area contributed by atoms with Gasteiger partial charge in [-0.3, -0.25) is 0 Å². The second-order valence-electron chi connectivity index (χ2n) is 5.96. The average molecular weight is 282 g/mol. The number of benzene rings is 1. The van der Waals surface area contributed by atoms with Gasteiger partial charge in [0.05, 0.1) is 0 Å². The maximum Gasteiger partial charge on any atom is 0.219 e. The molecule has 3 heteroatoms. The fourth-order valence-corrected chi connectivity index (χ4v) is 2.19. The molecule has 1 aliphatic carbocycles. The lowest BCUT2D eigenvalue weighted by Gasteiger charge is -2.12. The topological polar surface area (TPSA) is 34.1 Å². The molecule has 1 aromatic heterocycles. The van der Waals surface area contributed by atoms with E-state index in [9.17, 15) is 0 Å². The lowest BCUT2D eigenvalue weighted by Crippen LogP contribution is -2.15. The van der Waals surface area contributed by atoms with Gasteiger partial charge < -0.3 is 10.1 Å². The van der Waals surface area contributed by atoms with Crippen LogP contribution in [-0.4, -0.2) is 11.0 Å². The Kier molecular flexibility index (Phi) is 4.20. The molecule has 0 unspecified atom stereocenters. The van der Waals surface area contributed by atoms with Crippen LogP contribution in [0.15, 0.2) is 42.5 Å². The van der Waals surface area contributed by atoms with Crippen molar-refractivity contribution in [2.75, 3.05) is 0 Å². The first-order chi connectivity index (χ1) is 10.2. The van der Waals surface area contributed by atoms with Crippen molar-refractivity contribution in [3.05, 3.63) is 53.7 Å². The maximum absolute atomic E-state index is 5.89. The molecule has 110 valence electrons. The molecule has 0 saturated heterocycles. The zero-order chi connectivity index (χ0) is 14.7. The minimum atomic E-state index is 0.393. The summed E-state index contributed by atoms with van der Waals surface area (Å²) in [5.74, 6) is 1.90. The van der Waals surface area contributed by atoms with Crippen LogP contribution < -0.4 is 10.1 Å². The second kappa shape index (κ2) is 6.27. The van der Waals surface area contributed by atoms with Crippen molar-refractivity contribution in [1.29, 1.82) is 0 Å². The highest BCUT2D eigenvalue weighted by molar-refractivity contribution is 5.31. The van der Waals surface area contributed by atoms with E-state index in [0.717, 1.165) is 18.0 Å². The number of hydrogen-bond donors (Lipinski definition) is 1. The SMILES string of the molecule is CC(C)c1cc(CNC2CC2)cc(Oc2ccccc2)n1. The molecule has 0 aliphatic heterocycles. The van der Waals surface area contributed by atoms with Crippen LogP contribution in [0.5, 0.6) is 11.6 Å². The molecular formula is C18H22N2O. The Bertz CT molecular complexity index is 591. The molecule has 1 fully saturated rings. The highest BCUT2D eigenvalue weighted by Gasteiger charge is 2.20. The molecule has 1 aliphatic rings. The first-order valence-corrected chi connectivity index (χ1v) is 7.68. The standard InChI is InChI=1S/C18H22N2O/c1-13(2)17-10-14(12-19-15-8-9-15)11-18(20-17)21-16-6-4-3-5-7-16/h3-7,10-11,13,15,19H,8-9,12H2,1-2H3. The molecule has 0 radical (unpaired) electrons. The zero-order valence-electron chi connectivity index (χ0n) is 12.7. The predicted molar refractivity (Wildman–Crippen MR) is 84.7 cm³/mol. The zero-order valence-corrected chi connectivity index (χ0v) is 12.7. The second-order valence-corrected chi connectivity index (χ2v) is 5.96. The number of aromatic nitrogens is 1. The third-order valence-electron chi connectivity index (χ3n) is 3.61. The smallest absolute Gasteiger partial charge is 0.219 e. The number of pyridine rings is 1. The van der Waals surface area contributed by atoms with Crippen molar-refractivity contribution < 1.29 is 4.74 Å². The number of ether oxygens (including phenoxy) is 1. The summed E-state index contributed by atoms with van der Waals surface area (Å²) in [6, 6.07) is 14.7. The highest BCUT2D eigenvalue weighted by atomic mass is 16.5. The first kappa shape index (κ1) is 14.1. The number of hydrogen-bond acceptors (Lipinski definition) is 3. The minimum absolute atomic E-state index is 0.393. The molecule has 2 aromatic rings. The van der Waals surface area contributed by atoms with Gasteiger partial charge in [0.1, 0.15) is 5.75 Å². The van der Waals surface area contributed by atoms with Gasteiger partial charge >= 0.3 is 0 Å². The van der Waals surface area contributed by atoms with E-state index in [1.54, 1.807) is 0 Å². The van der Waals surface area contributed by atoms with E-state index in [1.165, 1.54) is 18.4 Å². The van der Waals surface area contributed by atoms with Crippen molar-refractivity contribution in [2.24, 2.45) is 0 Å². The average Bonchev–Trinajstić information content (AvgIpc) is 3.30. The molecule has 1 heterocycles. The van der Waals surface area contributed by atoms with Crippen LogP contribution in [0.25, 0.3) is 0 Å². The number of rotatable bonds is 6. The van der Waals surface area contributed by atoms with Crippen LogP contribution in [0, 0.1) is 0 Å². The molecule has 21 heavy (non-hydrogen) atoms. The molecule has 0 bridgehead atoms. The van der Waals surface area contributed by atoms with Gasteiger partial charge in [-0.05, 0) is 42.5 Å². The Morgan fingerprint density at radius 2 is 1.95 bits per heavy atom. The minimum Gasteiger partial charge on any atom is -0.439 e. The van der Waals surface area contributed by atoms with E-state index in [1.807, 2.05) is 36.4 Å². The fourth-order valence-electron chi connectivity index (χ4n) is 2.19. The normalized spacial score (nSPS) is 14.4. The summed E-state index contributed by atoms with van der Waals surface area (Å²) in [6.45, 7) is 5.21. The van der Waals surface area contributed by atoms with E-state index < -0.39 is 0 Å². The van der Waals surface area contributed by atoms with Gasteiger partial charge in [-0.1, -0.05) is 32.0 Å². The summed E-state index contributed by atoms with van der Waals surface area (Å²) in [5.41, 5.74) is 2.32. The van der Waals surface area contributed by atoms with Gasteiger partial charge in [0.15, 0.2) is 0 Å². The molecule has 1 aromatic carbocycles. The quantitative estimate of drug-likeness (QED) is 0.860. The van der Waals surface area contributed by atoms with Gasteiger partial charge in [-0.15, -0.1) is 0 Å².